The molecule has 3 amide bonds. The molecule has 0 aromatic heterocycles. The second-order valence-electron chi connectivity index (χ2n) is 8.35. The summed E-state index contributed by atoms with van der Waals surface area (Å²) >= 11 is 0. The lowest BCUT2D eigenvalue weighted by atomic mass is 9.99. The smallest absolute Gasteiger partial charge is 0.326 e. The van der Waals surface area contributed by atoms with Gasteiger partial charge in [0.2, 0.25) is 18.2 Å². The lowest BCUT2D eigenvalue weighted by Crippen LogP contribution is -2.56. The molecular formula is C20H34N4O5. The second kappa shape index (κ2) is 10.6. The van der Waals surface area contributed by atoms with Gasteiger partial charge in [-0.2, -0.15) is 0 Å². The maximum absolute atomic E-state index is 13.2. The summed E-state index contributed by atoms with van der Waals surface area (Å²) in [5.74, 6) is -1.05. The van der Waals surface area contributed by atoms with E-state index in [0.717, 1.165) is 25.8 Å². The SMILES string of the molecule is CC(C)[C@@H](CN1CCC[C@H]1C(=O)N1CCCCC1C(=O)O)N(C)C(=O)CNC=O. The highest BCUT2D eigenvalue weighted by Gasteiger charge is 2.40. The Morgan fingerprint density at radius 2 is 1.83 bits per heavy atom. The van der Waals surface area contributed by atoms with Crippen LogP contribution in [0.2, 0.25) is 0 Å². The Balaban J connectivity index is 2.09. The predicted octanol–water partition coefficient (Wildman–Crippen LogP) is 0.146. The number of likely N-dealkylation sites (N-methyl/N-ethyl adjacent to an activating group) is 1. The van der Waals surface area contributed by atoms with E-state index in [2.05, 4.69) is 10.2 Å². The largest absolute Gasteiger partial charge is 0.480 e. The van der Waals surface area contributed by atoms with Crippen molar-refractivity contribution >= 4 is 24.2 Å². The van der Waals surface area contributed by atoms with Gasteiger partial charge in [-0.05, 0) is 44.6 Å². The highest BCUT2D eigenvalue weighted by molar-refractivity contribution is 5.87. The third-order valence-electron chi connectivity index (χ3n) is 6.14. The Morgan fingerprint density at radius 1 is 1.14 bits per heavy atom. The molecule has 0 saturated carbocycles. The van der Waals surface area contributed by atoms with Crippen LogP contribution in [-0.2, 0) is 19.2 Å². The Bertz CT molecular complexity index is 612. The number of likely N-dealkylation sites (tertiary alicyclic amines) is 2. The number of hydrogen-bond acceptors (Lipinski definition) is 5. The van der Waals surface area contributed by atoms with E-state index in [-0.39, 0.29) is 36.4 Å². The number of rotatable bonds is 9. The summed E-state index contributed by atoms with van der Waals surface area (Å²) in [6.07, 6.45) is 4.24. The van der Waals surface area contributed by atoms with E-state index < -0.39 is 12.0 Å². The van der Waals surface area contributed by atoms with Gasteiger partial charge in [0.15, 0.2) is 0 Å². The fourth-order valence-corrected chi connectivity index (χ4v) is 4.43. The molecule has 2 aliphatic rings. The molecule has 29 heavy (non-hydrogen) atoms. The molecule has 0 aromatic carbocycles. The van der Waals surface area contributed by atoms with E-state index in [1.807, 2.05) is 13.8 Å². The maximum Gasteiger partial charge on any atom is 0.326 e. The number of carbonyl (C=O) groups excluding carboxylic acids is 3. The number of piperidine rings is 1. The van der Waals surface area contributed by atoms with Crippen molar-refractivity contribution in [1.29, 1.82) is 0 Å². The van der Waals surface area contributed by atoms with Gasteiger partial charge in [0.1, 0.15) is 6.04 Å². The lowest BCUT2D eigenvalue weighted by Gasteiger charge is -2.39. The maximum atomic E-state index is 13.2. The number of carboxylic acid groups (broad SMARTS) is 1. The van der Waals surface area contributed by atoms with Crippen LogP contribution in [0, 0.1) is 5.92 Å². The molecule has 2 saturated heterocycles. The second-order valence-corrected chi connectivity index (χ2v) is 8.35. The van der Waals surface area contributed by atoms with Crippen molar-refractivity contribution < 1.29 is 24.3 Å². The summed E-state index contributed by atoms with van der Waals surface area (Å²) in [4.78, 5) is 52.9. The first-order valence-electron chi connectivity index (χ1n) is 10.5. The van der Waals surface area contributed by atoms with Crippen LogP contribution in [0.25, 0.3) is 0 Å². The molecule has 0 radical (unpaired) electrons. The van der Waals surface area contributed by atoms with Crippen LogP contribution in [0.5, 0.6) is 0 Å². The monoisotopic (exact) mass is 410 g/mol. The van der Waals surface area contributed by atoms with Gasteiger partial charge in [-0.1, -0.05) is 13.8 Å². The molecule has 2 heterocycles. The van der Waals surface area contributed by atoms with Crippen LogP contribution in [0.15, 0.2) is 0 Å². The highest BCUT2D eigenvalue weighted by atomic mass is 16.4. The minimum absolute atomic E-state index is 0.0559. The molecule has 2 fully saturated rings. The Hall–Kier alpha value is -2.16. The van der Waals surface area contributed by atoms with E-state index in [1.165, 1.54) is 0 Å². The van der Waals surface area contributed by atoms with Crippen molar-refractivity contribution in [2.24, 2.45) is 5.92 Å². The molecule has 1 unspecified atom stereocenters. The first-order valence-corrected chi connectivity index (χ1v) is 10.5. The topological polar surface area (TPSA) is 110 Å². The van der Waals surface area contributed by atoms with Gasteiger partial charge in [-0.3, -0.25) is 19.3 Å². The van der Waals surface area contributed by atoms with Crippen LogP contribution in [0.3, 0.4) is 0 Å². The first kappa shape index (κ1) is 23.1. The third-order valence-corrected chi connectivity index (χ3v) is 6.14. The van der Waals surface area contributed by atoms with Gasteiger partial charge in [-0.15, -0.1) is 0 Å². The van der Waals surface area contributed by atoms with Gasteiger partial charge < -0.3 is 20.2 Å². The van der Waals surface area contributed by atoms with Crippen molar-refractivity contribution in [2.75, 3.05) is 33.2 Å². The van der Waals surface area contributed by atoms with Gasteiger partial charge >= 0.3 is 5.97 Å². The minimum atomic E-state index is -0.935. The van der Waals surface area contributed by atoms with Crippen LogP contribution in [-0.4, -0.2) is 95.4 Å². The summed E-state index contributed by atoms with van der Waals surface area (Å²) in [5, 5.41) is 11.9. The fourth-order valence-electron chi connectivity index (χ4n) is 4.43. The lowest BCUT2D eigenvalue weighted by molar-refractivity contribution is -0.154. The zero-order valence-electron chi connectivity index (χ0n) is 17.7. The third kappa shape index (κ3) is 5.68. The quantitative estimate of drug-likeness (QED) is 0.524. The normalized spacial score (nSPS) is 23.7. The predicted molar refractivity (Wildman–Crippen MR) is 107 cm³/mol. The summed E-state index contributed by atoms with van der Waals surface area (Å²) in [5.41, 5.74) is 0. The van der Waals surface area contributed by atoms with Crippen LogP contribution in [0.4, 0.5) is 0 Å². The molecule has 9 nitrogen and oxygen atoms in total. The molecule has 2 rings (SSSR count). The van der Waals surface area contributed by atoms with E-state index >= 15 is 0 Å². The minimum Gasteiger partial charge on any atom is -0.480 e. The molecule has 9 heteroatoms. The standard InChI is InChI=1S/C20H34N4O5/c1-14(2)17(22(3)18(26)11-21-13-25)12-23-9-6-8-15(23)19(27)24-10-5-4-7-16(24)20(28)29/h13-17H,4-12H2,1-3H3,(H,21,25)(H,28,29)/t15-,16?,17+/m0/s1. The summed E-state index contributed by atoms with van der Waals surface area (Å²) < 4.78 is 0. The molecule has 2 aliphatic heterocycles. The molecule has 0 bridgehead atoms. The average molecular weight is 411 g/mol. The van der Waals surface area contributed by atoms with Gasteiger partial charge in [0, 0.05) is 26.2 Å². The molecule has 2 N–H and O–H groups in total. The van der Waals surface area contributed by atoms with E-state index in [1.54, 1.807) is 16.8 Å². The first-order chi connectivity index (χ1) is 13.8. The fraction of sp³-hybridized carbons (Fsp3) is 0.800. The van der Waals surface area contributed by atoms with Crippen molar-refractivity contribution in [1.82, 2.24) is 20.0 Å². The van der Waals surface area contributed by atoms with Crippen LogP contribution < -0.4 is 5.32 Å². The van der Waals surface area contributed by atoms with Crippen molar-refractivity contribution in [3.8, 4) is 0 Å². The Labute approximate surface area is 172 Å². The zero-order chi connectivity index (χ0) is 21.6. The number of hydrogen-bond donors (Lipinski definition) is 2. The van der Waals surface area contributed by atoms with E-state index in [4.69, 9.17) is 0 Å². The van der Waals surface area contributed by atoms with Crippen LogP contribution >= 0.6 is 0 Å². The zero-order valence-corrected chi connectivity index (χ0v) is 17.7. The number of amides is 3. The highest BCUT2D eigenvalue weighted by Crippen LogP contribution is 2.26. The Kier molecular flexibility index (Phi) is 8.43. The molecule has 3 atom stereocenters. The van der Waals surface area contributed by atoms with Gasteiger partial charge in [-0.25, -0.2) is 4.79 Å². The van der Waals surface area contributed by atoms with Gasteiger partial charge in [0.05, 0.1) is 12.6 Å². The summed E-state index contributed by atoms with van der Waals surface area (Å²) in [7, 11) is 1.72. The Morgan fingerprint density at radius 3 is 2.45 bits per heavy atom. The number of carbonyl (C=O) groups is 4. The van der Waals surface area contributed by atoms with E-state index in [0.29, 0.717) is 32.3 Å². The number of nitrogens with one attached hydrogen (secondary N) is 1. The van der Waals surface area contributed by atoms with Crippen molar-refractivity contribution in [3.63, 3.8) is 0 Å². The molecule has 0 spiro atoms. The van der Waals surface area contributed by atoms with Gasteiger partial charge in [0.25, 0.3) is 0 Å². The van der Waals surface area contributed by atoms with E-state index in [9.17, 15) is 24.3 Å². The summed E-state index contributed by atoms with van der Waals surface area (Å²) in [6, 6.07) is -1.19. The summed E-state index contributed by atoms with van der Waals surface area (Å²) in [6.45, 7) is 5.78. The molecule has 0 aliphatic carbocycles. The van der Waals surface area contributed by atoms with Crippen LogP contribution in [0.1, 0.15) is 46.0 Å². The molecule has 0 aromatic rings. The number of nitrogens with zero attached hydrogens (tertiary/aromatic N) is 3. The van der Waals surface area contributed by atoms with Crippen molar-refractivity contribution in [2.45, 2.75) is 64.1 Å². The van der Waals surface area contributed by atoms with Crippen molar-refractivity contribution in [3.05, 3.63) is 0 Å². The molecular weight excluding hydrogens is 376 g/mol. The molecule has 164 valence electrons. The number of carboxylic acids is 1. The number of aliphatic carboxylic acids is 1. The average Bonchev–Trinajstić information content (AvgIpc) is 3.17.